The van der Waals surface area contributed by atoms with E-state index in [-0.39, 0.29) is 11.9 Å². The van der Waals surface area contributed by atoms with Crippen molar-refractivity contribution in [1.29, 1.82) is 0 Å². The number of aromatic nitrogens is 2. The minimum Gasteiger partial charge on any atom is -0.380 e. The molecule has 8 nitrogen and oxygen atoms in total. The van der Waals surface area contributed by atoms with E-state index in [1.54, 1.807) is 6.33 Å². The summed E-state index contributed by atoms with van der Waals surface area (Å²) in [6.07, 6.45) is 2.54. The van der Waals surface area contributed by atoms with E-state index in [1.807, 2.05) is 23.8 Å². The molecule has 2 aliphatic heterocycles. The molecule has 1 aromatic rings. The van der Waals surface area contributed by atoms with Crippen LogP contribution in [0.2, 0.25) is 0 Å². The number of hydrogen-bond donors (Lipinski definition) is 2. The molecule has 2 aliphatic rings. The smallest absolute Gasteiger partial charge is 0.242 e. The fourth-order valence-electron chi connectivity index (χ4n) is 3.28. The van der Waals surface area contributed by atoms with Crippen LogP contribution in [0.1, 0.15) is 18.9 Å². The van der Waals surface area contributed by atoms with E-state index in [1.165, 1.54) is 0 Å². The molecule has 132 valence electrons. The Morgan fingerprint density at radius 1 is 1.42 bits per heavy atom. The van der Waals surface area contributed by atoms with Crippen molar-refractivity contribution >= 4 is 17.5 Å². The number of anilines is 2. The monoisotopic (exact) mass is 334 g/mol. The van der Waals surface area contributed by atoms with Gasteiger partial charge in [-0.15, -0.1) is 0 Å². The number of rotatable bonds is 6. The van der Waals surface area contributed by atoms with Crippen molar-refractivity contribution in [2.24, 2.45) is 0 Å². The SMILES string of the molecule is CCOCCNc1ncnc2c1CN(C1CCNC1)C(=O)CN2C. The van der Waals surface area contributed by atoms with Crippen LogP contribution in [0.3, 0.4) is 0 Å². The van der Waals surface area contributed by atoms with E-state index < -0.39 is 0 Å². The zero-order chi connectivity index (χ0) is 16.9. The third-order valence-corrected chi connectivity index (χ3v) is 4.52. The Labute approximate surface area is 142 Å². The first-order valence-electron chi connectivity index (χ1n) is 8.57. The number of nitrogens with zero attached hydrogens (tertiary/aromatic N) is 4. The second-order valence-corrected chi connectivity index (χ2v) is 6.17. The van der Waals surface area contributed by atoms with Crippen molar-refractivity contribution in [3.8, 4) is 0 Å². The maximum absolute atomic E-state index is 12.7. The quantitative estimate of drug-likeness (QED) is 0.712. The number of carbonyl (C=O) groups is 1. The highest BCUT2D eigenvalue weighted by atomic mass is 16.5. The van der Waals surface area contributed by atoms with Crippen molar-refractivity contribution in [2.75, 3.05) is 56.7 Å². The van der Waals surface area contributed by atoms with Crippen LogP contribution in [0, 0.1) is 0 Å². The number of hydrogen-bond acceptors (Lipinski definition) is 7. The molecular weight excluding hydrogens is 308 g/mol. The summed E-state index contributed by atoms with van der Waals surface area (Å²) in [5.74, 6) is 1.76. The molecule has 1 amide bonds. The van der Waals surface area contributed by atoms with Crippen LogP contribution in [0.4, 0.5) is 11.6 Å². The van der Waals surface area contributed by atoms with Crippen LogP contribution in [0.25, 0.3) is 0 Å². The van der Waals surface area contributed by atoms with Gasteiger partial charge in [0.15, 0.2) is 0 Å². The molecule has 0 bridgehead atoms. The van der Waals surface area contributed by atoms with Crippen LogP contribution in [0.15, 0.2) is 6.33 Å². The lowest BCUT2D eigenvalue weighted by Crippen LogP contribution is -2.43. The number of carbonyl (C=O) groups excluding carboxylic acids is 1. The van der Waals surface area contributed by atoms with Crippen LogP contribution < -0.4 is 15.5 Å². The Morgan fingerprint density at radius 2 is 2.29 bits per heavy atom. The van der Waals surface area contributed by atoms with Crippen LogP contribution in [-0.4, -0.2) is 73.3 Å². The summed E-state index contributed by atoms with van der Waals surface area (Å²) in [4.78, 5) is 25.3. The number of amides is 1. The average molecular weight is 334 g/mol. The topological polar surface area (TPSA) is 82.6 Å². The number of fused-ring (bicyclic) bond motifs is 1. The maximum Gasteiger partial charge on any atom is 0.242 e. The number of ether oxygens (including phenoxy) is 1. The standard InChI is InChI=1S/C16H26N6O2/c1-3-24-7-6-18-15-13-9-22(12-4-5-17-8-12)14(23)10-21(2)16(13)20-11-19-15/h11-12,17H,3-10H2,1-2H3,(H,18,19,20). The Bertz CT molecular complexity index is 576. The van der Waals surface area contributed by atoms with Gasteiger partial charge >= 0.3 is 0 Å². The third kappa shape index (κ3) is 3.59. The highest BCUT2D eigenvalue weighted by Crippen LogP contribution is 2.28. The van der Waals surface area contributed by atoms with Crippen molar-refractivity contribution in [1.82, 2.24) is 20.2 Å². The Morgan fingerprint density at radius 3 is 3.04 bits per heavy atom. The second kappa shape index (κ2) is 7.76. The number of likely N-dealkylation sites (N-methyl/N-ethyl adjacent to an activating group) is 1. The van der Waals surface area contributed by atoms with Crippen LogP contribution >= 0.6 is 0 Å². The zero-order valence-corrected chi connectivity index (χ0v) is 14.4. The average Bonchev–Trinajstić information content (AvgIpc) is 3.07. The molecule has 2 N–H and O–H groups in total. The van der Waals surface area contributed by atoms with Crippen molar-refractivity contribution in [3.05, 3.63) is 11.9 Å². The van der Waals surface area contributed by atoms with Gasteiger partial charge in [-0.05, 0) is 19.9 Å². The summed E-state index contributed by atoms with van der Waals surface area (Å²) in [7, 11) is 1.91. The first-order chi connectivity index (χ1) is 11.7. The maximum atomic E-state index is 12.7. The second-order valence-electron chi connectivity index (χ2n) is 6.17. The molecule has 0 aromatic carbocycles. The summed E-state index contributed by atoms with van der Waals surface area (Å²) in [6.45, 7) is 6.68. The van der Waals surface area contributed by atoms with Gasteiger partial charge in [0.25, 0.3) is 0 Å². The van der Waals surface area contributed by atoms with Gasteiger partial charge in [-0.2, -0.15) is 0 Å². The summed E-state index contributed by atoms with van der Waals surface area (Å²) in [5, 5.41) is 6.66. The van der Waals surface area contributed by atoms with Gasteiger partial charge < -0.3 is 25.2 Å². The van der Waals surface area contributed by atoms with Crippen molar-refractivity contribution < 1.29 is 9.53 Å². The lowest BCUT2D eigenvalue weighted by atomic mass is 10.2. The summed E-state index contributed by atoms with van der Waals surface area (Å²) < 4.78 is 5.38. The molecule has 1 saturated heterocycles. The molecule has 1 aromatic heterocycles. The van der Waals surface area contributed by atoms with Gasteiger partial charge in [0.2, 0.25) is 5.91 Å². The fourth-order valence-corrected chi connectivity index (χ4v) is 3.28. The molecule has 3 rings (SSSR count). The predicted octanol–water partition coefficient (Wildman–Crippen LogP) is 0.0653. The van der Waals surface area contributed by atoms with Crippen molar-refractivity contribution in [3.63, 3.8) is 0 Å². The van der Waals surface area contributed by atoms with Gasteiger partial charge in [-0.1, -0.05) is 0 Å². The molecule has 1 fully saturated rings. The Balaban J connectivity index is 1.83. The molecule has 0 spiro atoms. The fraction of sp³-hybridized carbons (Fsp3) is 0.688. The lowest BCUT2D eigenvalue weighted by molar-refractivity contribution is -0.132. The van der Waals surface area contributed by atoms with Gasteiger partial charge in [0.05, 0.1) is 25.3 Å². The predicted molar refractivity (Wildman–Crippen MR) is 92.1 cm³/mol. The molecule has 8 heteroatoms. The van der Waals surface area contributed by atoms with Gasteiger partial charge in [-0.25, -0.2) is 9.97 Å². The van der Waals surface area contributed by atoms with Crippen molar-refractivity contribution in [2.45, 2.75) is 25.9 Å². The Hall–Kier alpha value is -1.93. The summed E-state index contributed by atoms with van der Waals surface area (Å²) >= 11 is 0. The van der Waals surface area contributed by atoms with Gasteiger partial charge in [0.1, 0.15) is 18.0 Å². The molecule has 1 atom stereocenters. The first kappa shape index (κ1) is 16.9. The first-order valence-corrected chi connectivity index (χ1v) is 8.57. The van der Waals surface area contributed by atoms with Gasteiger partial charge in [0, 0.05) is 32.8 Å². The summed E-state index contributed by atoms with van der Waals surface area (Å²) in [6, 6.07) is 0.244. The Kier molecular flexibility index (Phi) is 5.47. The molecular formula is C16H26N6O2. The van der Waals surface area contributed by atoms with E-state index in [0.29, 0.717) is 32.8 Å². The van der Waals surface area contributed by atoms with Crippen LogP contribution in [0.5, 0.6) is 0 Å². The van der Waals surface area contributed by atoms with Crippen LogP contribution in [-0.2, 0) is 16.1 Å². The summed E-state index contributed by atoms with van der Waals surface area (Å²) in [5.41, 5.74) is 0.981. The van der Waals surface area contributed by atoms with E-state index >= 15 is 0 Å². The van der Waals surface area contributed by atoms with Gasteiger partial charge in [-0.3, -0.25) is 4.79 Å². The largest absolute Gasteiger partial charge is 0.380 e. The third-order valence-electron chi connectivity index (χ3n) is 4.52. The zero-order valence-electron chi connectivity index (χ0n) is 14.4. The lowest BCUT2D eigenvalue weighted by Gasteiger charge is -2.27. The van der Waals surface area contributed by atoms with E-state index in [2.05, 4.69) is 20.6 Å². The van der Waals surface area contributed by atoms with E-state index in [4.69, 9.17) is 4.74 Å². The highest BCUT2D eigenvalue weighted by molar-refractivity contribution is 5.84. The molecule has 0 radical (unpaired) electrons. The molecule has 1 unspecified atom stereocenters. The molecule has 3 heterocycles. The minimum absolute atomic E-state index is 0.143. The molecule has 0 saturated carbocycles. The van der Waals surface area contributed by atoms with E-state index in [0.717, 1.165) is 36.7 Å². The molecule has 24 heavy (non-hydrogen) atoms. The number of nitrogens with one attached hydrogen (secondary N) is 2. The highest BCUT2D eigenvalue weighted by Gasteiger charge is 2.32. The normalized spacial score (nSPS) is 20.9. The minimum atomic E-state index is 0.143. The van der Waals surface area contributed by atoms with E-state index in [9.17, 15) is 4.79 Å². The molecule has 0 aliphatic carbocycles.